The maximum atomic E-state index is 12.4. The van der Waals surface area contributed by atoms with Crippen LogP contribution in [0.3, 0.4) is 0 Å². The van der Waals surface area contributed by atoms with Crippen molar-refractivity contribution in [3.63, 3.8) is 0 Å². The van der Waals surface area contributed by atoms with Crippen LogP contribution >= 0.6 is 0 Å². The van der Waals surface area contributed by atoms with E-state index in [1.54, 1.807) is 44.6 Å². The molecule has 0 aliphatic heterocycles. The molecule has 1 N–H and O–H groups in total. The Balaban J connectivity index is 1.60. The summed E-state index contributed by atoms with van der Waals surface area (Å²) in [6.45, 7) is 6.79. The molecule has 3 aromatic carbocycles. The van der Waals surface area contributed by atoms with Gasteiger partial charge in [-0.1, -0.05) is 38.1 Å². The zero-order chi connectivity index (χ0) is 23.8. The van der Waals surface area contributed by atoms with Gasteiger partial charge in [0.05, 0.1) is 20.4 Å². The largest absolute Gasteiger partial charge is 0.497 e. The van der Waals surface area contributed by atoms with Crippen molar-refractivity contribution in [2.75, 3.05) is 14.2 Å². The van der Waals surface area contributed by atoms with E-state index < -0.39 is 0 Å². The Morgan fingerprint density at radius 3 is 2.39 bits per heavy atom. The van der Waals surface area contributed by atoms with Gasteiger partial charge in [-0.25, -0.2) is 5.43 Å². The monoisotopic (exact) mass is 446 g/mol. The average molecular weight is 447 g/mol. The summed E-state index contributed by atoms with van der Waals surface area (Å²) in [5, 5.41) is 4.04. The van der Waals surface area contributed by atoms with Gasteiger partial charge in [-0.05, 0) is 59.9 Å². The molecule has 0 radical (unpaired) electrons. The molecule has 3 aromatic rings. The molecule has 0 fully saturated rings. The number of nitrogens with zero attached hydrogens (tertiary/aromatic N) is 1. The predicted octanol–water partition coefficient (Wildman–Crippen LogP) is 5.48. The van der Waals surface area contributed by atoms with E-state index in [9.17, 15) is 4.79 Å². The quantitative estimate of drug-likeness (QED) is 0.349. The van der Waals surface area contributed by atoms with Gasteiger partial charge >= 0.3 is 0 Å². The number of rotatable bonds is 9. The molecule has 0 saturated carbocycles. The van der Waals surface area contributed by atoms with E-state index in [-0.39, 0.29) is 5.91 Å². The molecule has 0 spiro atoms. The normalized spacial score (nSPS) is 11.0. The van der Waals surface area contributed by atoms with E-state index in [1.807, 2.05) is 12.1 Å². The molecule has 33 heavy (non-hydrogen) atoms. The van der Waals surface area contributed by atoms with Crippen LogP contribution in [0.25, 0.3) is 0 Å². The highest BCUT2D eigenvalue weighted by molar-refractivity contribution is 5.95. The molecule has 0 unspecified atom stereocenters. The van der Waals surface area contributed by atoms with Crippen molar-refractivity contribution in [1.82, 2.24) is 5.43 Å². The molecule has 6 nitrogen and oxygen atoms in total. The Bertz CT molecular complexity index is 1120. The van der Waals surface area contributed by atoms with Crippen molar-refractivity contribution >= 4 is 12.1 Å². The van der Waals surface area contributed by atoms with E-state index in [2.05, 4.69) is 49.5 Å². The fourth-order valence-corrected chi connectivity index (χ4v) is 3.31. The number of nitrogens with one attached hydrogen (secondary N) is 1. The minimum absolute atomic E-state index is 0.299. The lowest BCUT2D eigenvalue weighted by molar-refractivity contribution is 0.0955. The number of aryl methyl sites for hydroxylation is 1. The summed E-state index contributed by atoms with van der Waals surface area (Å²) >= 11 is 0. The van der Waals surface area contributed by atoms with Crippen LogP contribution in [0.15, 0.2) is 65.8 Å². The van der Waals surface area contributed by atoms with Gasteiger partial charge in [-0.2, -0.15) is 5.10 Å². The van der Waals surface area contributed by atoms with Crippen LogP contribution in [0.1, 0.15) is 52.4 Å². The number of methoxy groups -OCH3 is 2. The van der Waals surface area contributed by atoms with Crippen LogP contribution in [-0.4, -0.2) is 26.3 Å². The van der Waals surface area contributed by atoms with Crippen molar-refractivity contribution < 1.29 is 19.0 Å². The fraction of sp³-hybridized carbons (Fsp3) is 0.259. The summed E-state index contributed by atoms with van der Waals surface area (Å²) in [4.78, 5) is 12.4. The maximum Gasteiger partial charge on any atom is 0.271 e. The fourth-order valence-electron chi connectivity index (χ4n) is 3.31. The number of hydrazone groups is 1. The molecule has 0 heterocycles. The first kappa shape index (κ1) is 23.9. The van der Waals surface area contributed by atoms with Crippen molar-refractivity contribution in [3.05, 3.63) is 88.5 Å². The molecule has 172 valence electrons. The zero-order valence-corrected chi connectivity index (χ0v) is 19.7. The maximum absolute atomic E-state index is 12.4. The third kappa shape index (κ3) is 6.35. The minimum Gasteiger partial charge on any atom is -0.497 e. The van der Waals surface area contributed by atoms with Crippen LogP contribution in [-0.2, 0) is 6.61 Å². The second-order valence-corrected chi connectivity index (χ2v) is 7.99. The van der Waals surface area contributed by atoms with Gasteiger partial charge in [0.15, 0.2) is 0 Å². The standard InChI is InChI=1S/C27H30N2O4/c1-18(2)24-13-6-19(3)14-26(24)33-17-20-7-9-21(10-8-20)27(30)29-28-16-22-11-12-23(31-4)15-25(22)32-5/h6-16,18H,17H2,1-5H3,(H,29,30)/b28-16-. The van der Waals surface area contributed by atoms with Gasteiger partial charge in [0.2, 0.25) is 0 Å². The number of hydrogen-bond acceptors (Lipinski definition) is 5. The molecule has 0 atom stereocenters. The van der Waals surface area contributed by atoms with Gasteiger partial charge < -0.3 is 14.2 Å². The van der Waals surface area contributed by atoms with E-state index in [0.717, 1.165) is 22.4 Å². The lowest BCUT2D eigenvalue weighted by Gasteiger charge is -2.15. The predicted molar refractivity (Wildman–Crippen MR) is 131 cm³/mol. The second kappa shape index (κ2) is 11.2. The van der Waals surface area contributed by atoms with Crippen LogP contribution in [0.4, 0.5) is 0 Å². The summed E-state index contributed by atoms with van der Waals surface area (Å²) in [5.74, 6) is 2.26. The van der Waals surface area contributed by atoms with Gasteiger partial charge in [-0.3, -0.25) is 4.79 Å². The summed E-state index contributed by atoms with van der Waals surface area (Å²) in [6.07, 6.45) is 1.53. The number of amides is 1. The molecule has 1 amide bonds. The van der Waals surface area contributed by atoms with Crippen LogP contribution in [0.2, 0.25) is 0 Å². The SMILES string of the molecule is COc1ccc(/C=N\NC(=O)c2ccc(COc3cc(C)ccc3C(C)C)cc2)c(OC)c1. The lowest BCUT2D eigenvalue weighted by Crippen LogP contribution is -2.17. The molecule has 0 bridgehead atoms. The van der Waals surface area contributed by atoms with Crippen LogP contribution in [0.5, 0.6) is 17.2 Å². The van der Waals surface area contributed by atoms with Crippen LogP contribution in [0, 0.1) is 6.92 Å². The minimum atomic E-state index is -0.299. The highest BCUT2D eigenvalue weighted by Gasteiger charge is 2.09. The van der Waals surface area contributed by atoms with Gasteiger partial charge in [0.25, 0.3) is 5.91 Å². The number of carbonyl (C=O) groups is 1. The third-order valence-corrected chi connectivity index (χ3v) is 5.21. The Morgan fingerprint density at radius 1 is 0.970 bits per heavy atom. The second-order valence-electron chi connectivity index (χ2n) is 7.99. The van der Waals surface area contributed by atoms with Crippen molar-refractivity contribution in [3.8, 4) is 17.2 Å². The Hall–Kier alpha value is -3.80. The molecular formula is C27H30N2O4. The first-order valence-corrected chi connectivity index (χ1v) is 10.8. The summed E-state index contributed by atoms with van der Waals surface area (Å²) in [6, 6.07) is 18.9. The number of carbonyl (C=O) groups excluding carboxylic acids is 1. The average Bonchev–Trinajstić information content (AvgIpc) is 2.82. The smallest absolute Gasteiger partial charge is 0.271 e. The van der Waals surface area contributed by atoms with Crippen molar-refractivity contribution in [2.24, 2.45) is 5.10 Å². The molecular weight excluding hydrogens is 416 g/mol. The van der Waals surface area contributed by atoms with Crippen molar-refractivity contribution in [1.29, 1.82) is 0 Å². The third-order valence-electron chi connectivity index (χ3n) is 5.21. The first-order chi connectivity index (χ1) is 15.9. The highest BCUT2D eigenvalue weighted by Crippen LogP contribution is 2.28. The summed E-state index contributed by atoms with van der Waals surface area (Å²) < 4.78 is 16.6. The van der Waals surface area contributed by atoms with Gasteiger partial charge in [0.1, 0.15) is 23.9 Å². The molecule has 0 aliphatic rings. The summed E-state index contributed by atoms with van der Waals surface area (Å²) in [7, 11) is 3.16. The Labute approximate surface area is 195 Å². The molecule has 0 aliphatic carbocycles. The lowest BCUT2D eigenvalue weighted by atomic mass is 10.0. The van der Waals surface area contributed by atoms with Crippen molar-refractivity contribution in [2.45, 2.75) is 33.3 Å². The molecule has 3 rings (SSSR count). The number of hydrogen-bond donors (Lipinski definition) is 1. The van der Waals surface area contributed by atoms with E-state index in [1.165, 1.54) is 11.8 Å². The van der Waals surface area contributed by atoms with E-state index in [0.29, 0.717) is 29.6 Å². The molecule has 0 aromatic heterocycles. The Morgan fingerprint density at radius 2 is 1.73 bits per heavy atom. The number of benzene rings is 3. The zero-order valence-electron chi connectivity index (χ0n) is 19.7. The van der Waals surface area contributed by atoms with Gasteiger partial charge in [0, 0.05) is 17.2 Å². The Kier molecular flexibility index (Phi) is 8.08. The first-order valence-electron chi connectivity index (χ1n) is 10.8. The van der Waals surface area contributed by atoms with E-state index >= 15 is 0 Å². The highest BCUT2D eigenvalue weighted by atomic mass is 16.5. The van der Waals surface area contributed by atoms with E-state index in [4.69, 9.17) is 14.2 Å². The van der Waals surface area contributed by atoms with Crippen LogP contribution < -0.4 is 19.6 Å². The molecule has 6 heteroatoms. The summed E-state index contributed by atoms with van der Waals surface area (Å²) in [5.41, 5.74) is 7.10. The van der Waals surface area contributed by atoms with Gasteiger partial charge in [-0.15, -0.1) is 0 Å². The molecule has 0 saturated heterocycles. The topological polar surface area (TPSA) is 69.2 Å². The number of ether oxygens (including phenoxy) is 3.